The first-order valence-corrected chi connectivity index (χ1v) is 12.2. The van der Waals surface area contributed by atoms with Crippen LogP contribution in [0.15, 0.2) is 69.0 Å². The highest BCUT2D eigenvalue weighted by Gasteiger charge is 2.24. The molecule has 3 aromatic rings. The molecular weight excluding hydrogens is 424 g/mol. The number of hydrogen-bond acceptors (Lipinski definition) is 6. The van der Waals surface area contributed by atoms with Crippen molar-refractivity contribution in [3.05, 3.63) is 59.8 Å². The van der Waals surface area contributed by atoms with E-state index in [0.717, 1.165) is 42.8 Å². The van der Waals surface area contributed by atoms with E-state index in [0.29, 0.717) is 11.4 Å². The van der Waals surface area contributed by atoms with Crippen molar-refractivity contribution in [3.8, 4) is 5.88 Å². The molecule has 7 nitrogen and oxygen atoms in total. The van der Waals surface area contributed by atoms with E-state index in [1.165, 1.54) is 18.4 Å². The van der Waals surface area contributed by atoms with Gasteiger partial charge in [-0.2, -0.15) is 20.4 Å². The van der Waals surface area contributed by atoms with Crippen LogP contribution in [0.3, 0.4) is 0 Å². The van der Waals surface area contributed by atoms with Crippen LogP contribution in [-0.4, -0.2) is 14.9 Å². The lowest BCUT2D eigenvalue weighted by molar-refractivity contribution is 0.294. The predicted molar refractivity (Wildman–Crippen MR) is 137 cm³/mol. The maximum atomic E-state index is 10.7. The zero-order chi connectivity index (χ0) is 24.6. The number of hydrogen-bond donors (Lipinski definition) is 1. The molecule has 7 heteroatoms. The fraction of sp³-hybridized carbons (Fsp3) is 0.444. The molecule has 0 fully saturated rings. The van der Waals surface area contributed by atoms with Crippen molar-refractivity contribution < 1.29 is 5.11 Å². The molecule has 0 bridgehead atoms. The van der Waals surface area contributed by atoms with Crippen molar-refractivity contribution in [1.29, 1.82) is 0 Å². The molecule has 1 heterocycles. The number of aromatic hydroxyl groups is 1. The highest BCUT2D eigenvalue weighted by molar-refractivity contribution is 5.53. The molecule has 2 aromatic carbocycles. The number of azo groups is 2. The summed E-state index contributed by atoms with van der Waals surface area (Å²) in [5.41, 5.74) is 4.42. The maximum absolute atomic E-state index is 10.7. The Balaban J connectivity index is 1.71. The van der Waals surface area contributed by atoms with Crippen LogP contribution in [0.1, 0.15) is 71.6 Å². The van der Waals surface area contributed by atoms with Gasteiger partial charge in [0.1, 0.15) is 0 Å². The molecule has 0 aliphatic heterocycles. The summed E-state index contributed by atoms with van der Waals surface area (Å²) in [4.78, 5) is 0. The summed E-state index contributed by atoms with van der Waals surface area (Å²) in [7, 11) is 0. The molecule has 180 valence electrons. The van der Waals surface area contributed by atoms with E-state index in [2.05, 4.69) is 51.5 Å². The molecule has 34 heavy (non-hydrogen) atoms. The molecular formula is C27H36N6O. The van der Waals surface area contributed by atoms with Crippen LogP contribution in [0.2, 0.25) is 0 Å². The fourth-order valence-electron chi connectivity index (χ4n) is 3.45. The van der Waals surface area contributed by atoms with E-state index in [1.807, 2.05) is 57.2 Å². The second-order valence-electron chi connectivity index (χ2n) is 9.49. The Morgan fingerprint density at radius 1 is 0.735 bits per heavy atom. The van der Waals surface area contributed by atoms with Gasteiger partial charge in [-0.25, -0.2) is 4.68 Å². The van der Waals surface area contributed by atoms with E-state index in [4.69, 9.17) is 0 Å². The van der Waals surface area contributed by atoms with Crippen molar-refractivity contribution in [2.45, 2.75) is 78.7 Å². The average molecular weight is 461 g/mol. The second-order valence-corrected chi connectivity index (χ2v) is 9.49. The van der Waals surface area contributed by atoms with E-state index in [-0.39, 0.29) is 11.4 Å². The number of unbranched alkanes of at least 4 members (excludes halogenated alkanes) is 2. The topological polar surface area (TPSA) is 87.5 Å². The summed E-state index contributed by atoms with van der Waals surface area (Å²) >= 11 is 0. The number of benzene rings is 2. The lowest BCUT2D eigenvalue weighted by atomic mass is 10.1. The molecule has 0 aliphatic carbocycles. The quantitative estimate of drug-likeness (QED) is 0.306. The molecule has 0 unspecified atom stereocenters. The molecule has 0 amide bonds. The Morgan fingerprint density at radius 2 is 1.21 bits per heavy atom. The number of rotatable bonds is 10. The molecule has 0 saturated carbocycles. The van der Waals surface area contributed by atoms with Gasteiger partial charge in [-0.05, 0) is 88.4 Å². The number of nitrogens with zero attached hydrogens (tertiary/aromatic N) is 6. The van der Waals surface area contributed by atoms with Gasteiger partial charge < -0.3 is 5.11 Å². The van der Waals surface area contributed by atoms with Gasteiger partial charge in [0.2, 0.25) is 5.88 Å². The fourth-order valence-corrected chi connectivity index (χ4v) is 3.45. The van der Waals surface area contributed by atoms with E-state index < -0.39 is 0 Å². The number of aromatic nitrogens is 2. The third kappa shape index (κ3) is 6.83. The SMILES string of the molecule is CCCCc1ccc(/N=N/c2ccc(/N=N/c3c(CCCC)nn(C(C)(C)C)c3O)cc2)cc1. The Bertz CT molecular complexity index is 1110. The van der Waals surface area contributed by atoms with Crippen LogP contribution >= 0.6 is 0 Å². The summed E-state index contributed by atoms with van der Waals surface area (Å²) in [5.74, 6) is 0.0495. The van der Waals surface area contributed by atoms with Crippen molar-refractivity contribution in [2.24, 2.45) is 20.5 Å². The largest absolute Gasteiger partial charge is 0.492 e. The first-order valence-electron chi connectivity index (χ1n) is 12.2. The van der Waals surface area contributed by atoms with Crippen LogP contribution in [0.5, 0.6) is 5.88 Å². The zero-order valence-corrected chi connectivity index (χ0v) is 21.0. The van der Waals surface area contributed by atoms with Crippen LogP contribution in [0.25, 0.3) is 0 Å². The summed E-state index contributed by atoms with van der Waals surface area (Å²) < 4.78 is 1.62. The standard InChI is InChI=1S/C27H36N6O/c1-6-8-10-20-12-14-21(15-13-20)28-29-22-16-18-23(19-17-22)30-31-25-24(11-9-7-2)32-33(26(25)34)27(3,4)5/h12-19,34H,6-11H2,1-5H3/b29-28+,31-30+. The highest BCUT2D eigenvalue weighted by Crippen LogP contribution is 2.36. The Hall–Kier alpha value is -3.35. The van der Waals surface area contributed by atoms with Gasteiger partial charge in [0.05, 0.1) is 28.3 Å². The summed E-state index contributed by atoms with van der Waals surface area (Å²) in [6.45, 7) is 10.3. The second kappa shape index (κ2) is 11.7. The van der Waals surface area contributed by atoms with Crippen LogP contribution < -0.4 is 0 Å². The molecule has 0 atom stereocenters. The Labute approximate surface area is 202 Å². The van der Waals surface area contributed by atoms with Gasteiger partial charge in [-0.1, -0.05) is 38.8 Å². The Kier molecular flexibility index (Phi) is 8.68. The molecule has 3 rings (SSSR count). The first kappa shape index (κ1) is 25.3. The van der Waals surface area contributed by atoms with Crippen LogP contribution in [0.4, 0.5) is 22.7 Å². The number of aryl methyl sites for hydroxylation is 2. The van der Waals surface area contributed by atoms with Crippen LogP contribution in [-0.2, 0) is 18.4 Å². The normalized spacial score (nSPS) is 12.3. The molecule has 0 saturated heterocycles. The summed E-state index contributed by atoms with van der Waals surface area (Å²) in [6.07, 6.45) is 6.25. The molecule has 0 radical (unpaired) electrons. The molecule has 1 N–H and O–H groups in total. The average Bonchev–Trinajstić information content (AvgIpc) is 3.15. The van der Waals surface area contributed by atoms with Gasteiger partial charge in [0.25, 0.3) is 0 Å². The monoisotopic (exact) mass is 460 g/mol. The molecule has 0 spiro atoms. The third-order valence-electron chi connectivity index (χ3n) is 5.46. The van der Waals surface area contributed by atoms with E-state index >= 15 is 0 Å². The van der Waals surface area contributed by atoms with Gasteiger partial charge in [0, 0.05) is 0 Å². The van der Waals surface area contributed by atoms with Crippen molar-refractivity contribution >= 4 is 22.7 Å². The van der Waals surface area contributed by atoms with Gasteiger partial charge in [-0.3, -0.25) is 0 Å². The lowest BCUT2D eigenvalue weighted by Crippen LogP contribution is -2.22. The van der Waals surface area contributed by atoms with Crippen molar-refractivity contribution in [3.63, 3.8) is 0 Å². The summed E-state index contributed by atoms with van der Waals surface area (Å²) in [5, 5.41) is 32.7. The van der Waals surface area contributed by atoms with Gasteiger partial charge in [0.15, 0.2) is 5.69 Å². The van der Waals surface area contributed by atoms with E-state index in [1.54, 1.807) is 4.68 Å². The van der Waals surface area contributed by atoms with Crippen molar-refractivity contribution in [2.75, 3.05) is 0 Å². The molecule has 0 aliphatic rings. The minimum Gasteiger partial charge on any atom is -0.492 e. The third-order valence-corrected chi connectivity index (χ3v) is 5.46. The predicted octanol–water partition coefficient (Wildman–Crippen LogP) is 8.86. The highest BCUT2D eigenvalue weighted by atomic mass is 16.3. The molecule has 1 aromatic heterocycles. The minimum atomic E-state index is -0.346. The lowest BCUT2D eigenvalue weighted by Gasteiger charge is -2.19. The van der Waals surface area contributed by atoms with E-state index in [9.17, 15) is 5.11 Å². The van der Waals surface area contributed by atoms with Gasteiger partial charge in [-0.15, -0.1) is 5.11 Å². The maximum Gasteiger partial charge on any atom is 0.238 e. The smallest absolute Gasteiger partial charge is 0.238 e. The zero-order valence-electron chi connectivity index (χ0n) is 21.0. The van der Waals surface area contributed by atoms with Crippen molar-refractivity contribution in [1.82, 2.24) is 9.78 Å². The Morgan fingerprint density at radius 3 is 1.71 bits per heavy atom. The minimum absolute atomic E-state index is 0.0495. The first-order chi connectivity index (χ1) is 16.3. The summed E-state index contributed by atoms with van der Waals surface area (Å²) in [6, 6.07) is 15.6. The van der Waals surface area contributed by atoms with Crippen LogP contribution in [0, 0.1) is 0 Å². The van der Waals surface area contributed by atoms with Gasteiger partial charge >= 0.3 is 0 Å².